The lowest BCUT2D eigenvalue weighted by Gasteiger charge is -2.06. The predicted molar refractivity (Wildman–Crippen MR) is 110 cm³/mol. The lowest BCUT2D eigenvalue weighted by atomic mass is 10.1. The quantitative estimate of drug-likeness (QED) is 0.461. The highest BCUT2D eigenvalue weighted by Gasteiger charge is 2.19. The predicted octanol–water partition coefficient (Wildman–Crippen LogP) is 3.96. The smallest absolute Gasteiger partial charge is 0.374 e. The third kappa shape index (κ3) is 5.16. The van der Waals surface area contributed by atoms with Gasteiger partial charge >= 0.3 is 5.97 Å². The molecule has 6 heteroatoms. The number of carbonyl (C=O) groups excluding carboxylic acids is 2. The van der Waals surface area contributed by atoms with Crippen LogP contribution in [0, 0.1) is 13.8 Å². The van der Waals surface area contributed by atoms with Gasteiger partial charge in [-0.05, 0) is 44.0 Å². The van der Waals surface area contributed by atoms with Crippen LogP contribution in [0.4, 0.5) is 0 Å². The molecule has 29 heavy (non-hydrogen) atoms. The van der Waals surface area contributed by atoms with Gasteiger partial charge in [-0.2, -0.15) is 0 Å². The molecule has 0 aliphatic heterocycles. The summed E-state index contributed by atoms with van der Waals surface area (Å²) in [4.78, 5) is 24.3. The van der Waals surface area contributed by atoms with Crippen LogP contribution in [0.1, 0.15) is 33.7 Å². The summed E-state index contributed by atoms with van der Waals surface area (Å²) in [6.07, 6.45) is 1.06. The third-order valence-electron chi connectivity index (χ3n) is 4.75. The number of methoxy groups -OCH3 is 1. The summed E-state index contributed by atoms with van der Waals surface area (Å²) in [5, 5.41) is 3.57. The van der Waals surface area contributed by atoms with Gasteiger partial charge in [0.05, 0.1) is 13.7 Å². The molecule has 0 radical (unpaired) electrons. The molecule has 0 fully saturated rings. The summed E-state index contributed by atoms with van der Waals surface area (Å²) >= 11 is 0. The zero-order chi connectivity index (χ0) is 20.8. The summed E-state index contributed by atoms with van der Waals surface area (Å²) in [6.45, 7) is 4.16. The van der Waals surface area contributed by atoms with Crippen molar-refractivity contribution in [2.75, 3.05) is 20.3 Å². The monoisotopic (exact) mass is 395 g/mol. The molecule has 0 saturated heterocycles. The molecule has 152 valence electrons. The van der Waals surface area contributed by atoms with Gasteiger partial charge < -0.3 is 19.2 Å². The van der Waals surface area contributed by atoms with E-state index < -0.39 is 5.97 Å². The van der Waals surface area contributed by atoms with Crippen molar-refractivity contribution in [2.24, 2.45) is 0 Å². The second-order valence-corrected chi connectivity index (χ2v) is 6.89. The average molecular weight is 395 g/mol. The van der Waals surface area contributed by atoms with Crippen molar-refractivity contribution in [1.29, 1.82) is 0 Å². The first kappa shape index (κ1) is 20.5. The number of esters is 1. The van der Waals surface area contributed by atoms with E-state index in [1.165, 1.54) is 5.56 Å². The zero-order valence-electron chi connectivity index (χ0n) is 16.9. The van der Waals surface area contributed by atoms with Gasteiger partial charge in [0.15, 0.2) is 0 Å². The minimum atomic E-state index is -0.549. The van der Waals surface area contributed by atoms with Gasteiger partial charge in [-0.15, -0.1) is 0 Å². The second kappa shape index (κ2) is 9.28. The number of carbonyl (C=O) groups is 2. The van der Waals surface area contributed by atoms with E-state index in [4.69, 9.17) is 13.9 Å². The fourth-order valence-electron chi connectivity index (χ4n) is 3.02. The molecular formula is C23H25NO5. The molecule has 3 rings (SSSR count). The normalized spacial score (nSPS) is 10.7. The summed E-state index contributed by atoms with van der Waals surface area (Å²) in [5.74, 6) is 0.230. The second-order valence-electron chi connectivity index (χ2n) is 6.89. The van der Waals surface area contributed by atoms with Crippen molar-refractivity contribution >= 4 is 22.8 Å². The first-order valence-electron chi connectivity index (χ1n) is 9.54. The van der Waals surface area contributed by atoms with Crippen molar-refractivity contribution in [3.63, 3.8) is 0 Å². The maximum Gasteiger partial charge on any atom is 0.374 e. The number of hydrogen-bond acceptors (Lipinski definition) is 5. The number of hydrogen-bond donors (Lipinski definition) is 1. The third-order valence-corrected chi connectivity index (χ3v) is 4.75. The van der Waals surface area contributed by atoms with Crippen molar-refractivity contribution in [3.8, 4) is 5.75 Å². The van der Waals surface area contributed by atoms with Crippen LogP contribution >= 0.6 is 0 Å². The van der Waals surface area contributed by atoms with Gasteiger partial charge in [0.1, 0.15) is 17.9 Å². The number of benzene rings is 2. The highest BCUT2D eigenvalue weighted by molar-refractivity contribution is 5.96. The van der Waals surface area contributed by atoms with E-state index in [1.54, 1.807) is 26.2 Å². The Morgan fingerprint density at radius 2 is 1.83 bits per heavy atom. The summed E-state index contributed by atoms with van der Waals surface area (Å²) in [7, 11) is 1.58. The van der Waals surface area contributed by atoms with E-state index in [0.717, 1.165) is 10.9 Å². The summed E-state index contributed by atoms with van der Waals surface area (Å²) in [6, 6.07) is 13.5. The van der Waals surface area contributed by atoms with Crippen LogP contribution in [0.15, 0.2) is 46.9 Å². The minimum Gasteiger partial charge on any atom is -0.497 e. The summed E-state index contributed by atoms with van der Waals surface area (Å²) in [5.41, 5.74) is 3.61. The van der Waals surface area contributed by atoms with Crippen molar-refractivity contribution in [1.82, 2.24) is 5.32 Å². The maximum atomic E-state index is 12.3. The SMILES string of the molecule is COc1ccc2oc(C(=O)OCCNC(=O)CCc3ccc(C)cc3)c(C)c2c1. The topological polar surface area (TPSA) is 77.8 Å². The van der Waals surface area contributed by atoms with Gasteiger partial charge in [-0.1, -0.05) is 29.8 Å². The van der Waals surface area contributed by atoms with Crippen LogP contribution in [-0.2, 0) is 16.0 Å². The molecule has 0 aliphatic rings. The van der Waals surface area contributed by atoms with Crippen LogP contribution in [0.25, 0.3) is 11.0 Å². The molecule has 0 aliphatic carbocycles. The Kier molecular flexibility index (Phi) is 6.54. The molecule has 0 unspecified atom stereocenters. The van der Waals surface area contributed by atoms with E-state index in [0.29, 0.717) is 29.7 Å². The number of furan rings is 1. The number of fused-ring (bicyclic) bond motifs is 1. The van der Waals surface area contributed by atoms with Gasteiger partial charge in [0.2, 0.25) is 11.7 Å². The van der Waals surface area contributed by atoms with E-state index in [9.17, 15) is 9.59 Å². The van der Waals surface area contributed by atoms with Crippen molar-refractivity contribution in [3.05, 3.63) is 64.9 Å². The molecule has 0 bridgehead atoms. The maximum absolute atomic E-state index is 12.3. The molecule has 1 amide bonds. The van der Waals surface area contributed by atoms with Gasteiger partial charge in [0.25, 0.3) is 0 Å². The molecule has 0 spiro atoms. The molecular weight excluding hydrogens is 370 g/mol. The Hall–Kier alpha value is -3.28. The lowest BCUT2D eigenvalue weighted by molar-refractivity contribution is -0.121. The molecule has 0 atom stereocenters. The van der Waals surface area contributed by atoms with Crippen molar-refractivity contribution in [2.45, 2.75) is 26.7 Å². The van der Waals surface area contributed by atoms with Crippen LogP contribution in [0.2, 0.25) is 0 Å². The standard InChI is InChI=1S/C23H25NO5/c1-15-4-6-17(7-5-15)8-11-21(25)24-12-13-28-23(26)22-16(2)19-14-18(27-3)9-10-20(19)29-22/h4-7,9-10,14H,8,11-13H2,1-3H3,(H,24,25). The van der Waals surface area contributed by atoms with E-state index in [2.05, 4.69) is 5.32 Å². The molecule has 2 aromatic carbocycles. The zero-order valence-corrected chi connectivity index (χ0v) is 16.9. The number of nitrogens with one attached hydrogen (secondary N) is 1. The van der Waals surface area contributed by atoms with E-state index in [-0.39, 0.29) is 24.8 Å². The lowest BCUT2D eigenvalue weighted by Crippen LogP contribution is -2.28. The minimum absolute atomic E-state index is 0.0753. The summed E-state index contributed by atoms with van der Waals surface area (Å²) < 4.78 is 16.1. The number of aryl methyl sites for hydroxylation is 3. The Balaban J connectivity index is 1.45. The molecule has 3 aromatic rings. The van der Waals surface area contributed by atoms with Gasteiger partial charge in [0, 0.05) is 17.4 Å². The highest BCUT2D eigenvalue weighted by Crippen LogP contribution is 2.29. The van der Waals surface area contributed by atoms with E-state index >= 15 is 0 Å². The Morgan fingerprint density at radius 1 is 1.07 bits per heavy atom. The van der Waals surface area contributed by atoms with Gasteiger partial charge in [-0.3, -0.25) is 4.79 Å². The number of amides is 1. The largest absolute Gasteiger partial charge is 0.497 e. The average Bonchev–Trinajstić information content (AvgIpc) is 3.06. The fourth-order valence-corrected chi connectivity index (χ4v) is 3.02. The molecule has 1 N–H and O–H groups in total. The van der Waals surface area contributed by atoms with Crippen LogP contribution in [0.3, 0.4) is 0 Å². The van der Waals surface area contributed by atoms with Crippen LogP contribution in [0.5, 0.6) is 5.75 Å². The molecule has 6 nitrogen and oxygen atoms in total. The van der Waals surface area contributed by atoms with Crippen LogP contribution in [-0.4, -0.2) is 32.1 Å². The van der Waals surface area contributed by atoms with Gasteiger partial charge in [-0.25, -0.2) is 4.79 Å². The van der Waals surface area contributed by atoms with Crippen molar-refractivity contribution < 1.29 is 23.5 Å². The first-order chi connectivity index (χ1) is 14.0. The number of ether oxygens (including phenoxy) is 2. The number of rotatable bonds is 8. The Morgan fingerprint density at radius 3 is 2.55 bits per heavy atom. The Labute approximate surface area is 169 Å². The first-order valence-corrected chi connectivity index (χ1v) is 9.54. The van der Waals surface area contributed by atoms with Crippen LogP contribution < -0.4 is 10.1 Å². The Bertz CT molecular complexity index is 1000. The molecule has 1 aromatic heterocycles. The fraction of sp³-hybridized carbons (Fsp3) is 0.304. The molecule has 0 saturated carbocycles. The van der Waals surface area contributed by atoms with E-state index in [1.807, 2.05) is 37.3 Å². The molecule has 1 heterocycles. The highest BCUT2D eigenvalue weighted by atomic mass is 16.5.